The Morgan fingerprint density at radius 1 is 1.03 bits per heavy atom. The van der Waals surface area contributed by atoms with Crippen LogP contribution in [0.5, 0.6) is 0 Å². The lowest BCUT2D eigenvalue weighted by atomic mass is 10.2. The number of hydrogen-bond donors (Lipinski definition) is 1. The maximum Gasteiger partial charge on any atom is 0.270 e. The Hall–Kier alpha value is -4.31. The van der Waals surface area contributed by atoms with E-state index in [1.165, 1.54) is 30.1 Å². The molecule has 4 aromatic rings. The number of hydrogen-bond acceptors (Lipinski definition) is 7. The van der Waals surface area contributed by atoms with Crippen LogP contribution in [0.3, 0.4) is 0 Å². The molecule has 0 saturated heterocycles. The number of benzene rings is 3. The fraction of sp³-hybridized carbons (Fsp3) is 0.0435. The molecule has 1 N–H and O–H groups in total. The topological polar surface area (TPSA) is 115 Å². The van der Waals surface area contributed by atoms with Gasteiger partial charge < -0.3 is 0 Å². The molecule has 1 heterocycles. The van der Waals surface area contributed by atoms with Gasteiger partial charge in [0, 0.05) is 28.9 Å². The third-order valence-corrected chi connectivity index (χ3v) is 5.42. The highest BCUT2D eigenvalue weighted by molar-refractivity contribution is 7.99. The van der Waals surface area contributed by atoms with Crippen LogP contribution in [0, 0.1) is 10.1 Å². The van der Waals surface area contributed by atoms with E-state index in [2.05, 4.69) is 20.7 Å². The molecule has 4 rings (SSSR count). The highest BCUT2D eigenvalue weighted by Gasteiger charge is 2.17. The van der Waals surface area contributed by atoms with Gasteiger partial charge in [-0.3, -0.25) is 19.5 Å². The zero-order chi connectivity index (χ0) is 23.0. The number of amides is 1. The first-order valence-corrected chi connectivity index (χ1v) is 10.9. The molecule has 0 fully saturated rings. The Kier molecular flexibility index (Phi) is 6.86. The first-order valence-electron chi connectivity index (χ1n) is 9.87. The molecule has 1 amide bonds. The number of hydrazone groups is 1. The van der Waals surface area contributed by atoms with Crippen molar-refractivity contribution in [1.29, 1.82) is 0 Å². The van der Waals surface area contributed by atoms with Gasteiger partial charge in [-0.15, -0.1) is 10.2 Å². The SMILES string of the molecule is O=C(CSc1nnc(-c2ccccc2)n1-c1ccccc1)NN=Cc1cccc([N+](=O)[O-])c1. The number of nitro groups is 1. The van der Waals surface area contributed by atoms with E-state index in [-0.39, 0.29) is 17.3 Å². The van der Waals surface area contributed by atoms with Crippen molar-refractivity contribution in [2.24, 2.45) is 5.10 Å². The molecule has 9 nitrogen and oxygen atoms in total. The number of aromatic nitrogens is 3. The van der Waals surface area contributed by atoms with E-state index in [0.29, 0.717) is 16.5 Å². The number of nitrogens with one attached hydrogen (secondary N) is 1. The highest BCUT2D eigenvalue weighted by atomic mass is 32.2. The van der Waals surface area contributed by atoms with Crippen molar-refractivity contribution in [3.63, 3.8) is 0 Å². The minimum Gasteiger partial charge on any atom is -0.272 e. The van der Waals surface area contributed by atoms with E-state index in [9.17, 15) is 14.9 Å². The molecule has 1 aromatic heterocycles. The molecule has 0 radical (unpaired) electrons. The maximum atomic E-state index is 12.3. The quantitative estimate of drug-likeness (QED) is 0.184. The third kappa shape index (κ3) is 5.49. The second-order valence-electron chi connectivity index (χ2n) is 6.78. The van der Waals surface area contributed by atoms with E-state index in [1.807, 2.05) is 65.2 Å². The summed E-state index contributed by atoms with van der Waals surface area (Å²) >= 11 is 1.23. The van der Waals surface area contributed by atoms with Crippen LogP contribution in [-0.4, -0.2) is 37.6 Å². The molecule has 0 unspecified atom stereocenters. The molecule has 0 aliphatic rings. The molecule has 164 valence electrons. The minimum absolute atomic E-state index is 0.0460. The molecule has 33 heavy (non-hydrogen) atoms. The number of nitrogens with zero attached hydrogens (tertiary/aromatic N) is 5. The molecular formula is C23H18N6O3S. The number of carbonyl (C=O) groups is 1. The van der Waals surface area contributed by atoms with Crippen LogP contribution in [0.4, 0.5) is 5.69 Å². The van der Waals surface area contributed by atoms with Crippen LogP contribution in [0.1, 0.15) is 5.56 Å². The molecule has 0 aliphatic carbocycles. The van der Waals surface area contributed by atoms with Gasteiger partial charge in [0.1, 0.15) is 0 Å². The summed E-state index contributed by atoms with van der Waals surface area (Å²) in [6, 6.07) is 25.3. The van der Waals surface area contributed by atoms with Crippen LogP contribution < -0.4 is 5.43 Å². The second kappa shape index (κ2) is 10.3. The number of non-ortho nitro benzene ring substituents is 1. The summed E-state index contributed by atoms with van der Waals surface area (Å²) in [6.07, 6.45) is 1.36. The molecular weight excluding hydrogens is 440 g/mol. The summed E-state index contributed by atoms with van der Waals surface area (Å²) in [6.45, 7) is 0. The first kappa shape index (κ1) is 21.9. The van der Waals surface area contributed by atoms with Crippen LogP contribution in [0.2, 0.25) is 0 Å². The number of nitro benzene ring substituents is 1. The second-order valence-corrected chi connectivity index (χ2v) is 7.72. The van der Waals surface area contributed by atoms with Crippen molar-refractivity contribution < 1.29 is 9.72 Å². The lowest BCUT2D eigenvalue weighted by molar-refractivity contribution is -0.384. The Morgan fingerprint density at radius 2 is 1.76 bits per heavy atom. The fourth-order valence-electron chi connectivity index (χ4n) is 3.01. The van der Waals surface area contributed by atoms with Gasteiger partial charge in [-0.25, -0.2) is 5.43 Å². The summed E-state index contributed by atoms with van der Waals surface area (Å²) in [5, 5.41) is 23.9. The smallest absolute Gasteiger partial charge is 0.270 e. The fourth-order valence-corrected chi connectivity index (χ4v) is 3.75. The summed E-state index contributed by atoms with van der Waals surface area (Å²) in [5.41, 5.74) is 4.68. The van der Waals surface area contributed by atoms with Gasteiger partial charge in [-0.2, -0.15) is 5.10 Å². The Bertz CT molecular complexity index is 1290. The number of thioether (sulfide) groups is 1. The number of rotatable bonds is 8. The first-order chi connectivity index (χ1) is 16.1. The number of carbonyl (C=O) groups excluding carboxylic acids is 1. The third-order valence-electron chi connectivity index (χ3n) is 4.50. The summed E-state index contributed by atoms with van der Waals surface area (Å²) in [7, 11) is 0. The lowest BCUT2D eigenvalue weighted by Crippen LogP contribution is -2.20. The molecule has 3 aromatic carbocycles. The maximum absolute atomic E-state index is 12.3. The van der Waals surface area contributed by atoms with E-state index < -0.39 is 4.92 Å². The predicted molar refractivity (Wildman–Crippen MR) is 126 cm³/mol. The molecule has 0 aliphatic heterocycles. The zero-order valence-electron chi connectivity index (χ0n) is 17.2. The Labute approximate surface area is 193 Å². The van der Waals surface area contributed by atoms with Crippen molar-refractivity contribution in [3.05, 3.63) is 101 Å². The molecule has 0 atom stereocenters. The Balaban J connectivity index is 1.46. The molecule has 10 heteroatoms. The summed E-state index contributed by atoms with van der Waals surface area (Å²) in [5.74, 6) is 0.394. The van der Waals surface area contributed by atoms with Gasteiger partial charge >= 0.3 is 0 Å². The van der Waals surface area contributed by atoms with Gasteiger partial charge in [0.05, 0.1) is 16.9 Å². The van der Waals surface area contributed by atoms with Gasteiger partial charge in [0.2, 0.25) is 0 Å². The standard InChI is InChI=1S/C23H18N6O3S/c30-21(25-24-15-17-8-7-13-20(14-17)29(31)32)16-33-23-27-26-22(18-9-3-1-4-10-18)28(23)19-11-5-2-6-12-19/h1-15H,16H2,(H,25,30). The van der Waals surface area contributed by atoms with Crippen molar-refractivity contribution in [2.45, 2.75) is 5.16 Å². The molecule has 0 saturated carbocycles. The van der Waals surface area contributed by atoms with Crippen molar-refractivity contribution in [3.8, 4) is 17.1 Å². The normalized spacial score (nSPS) is 10.9. The molecule has 0 bridgehead atoms. The van der Waals surface area contributed by atoms with Crippen LogP contribution in [0.15, 0.2) is 95.2 Å². The van der Waals surface area contributed by atoms with E-state index in [1.54, 1.807) is 12.1 Å². The summed E-state index contributed by atoms with van der Waals surface area (Å²) < 4.78 is 1.90. The highest BCUT2D eigenvalue weighted by Crippen LogP contribution is 2.27. The largest absolute Gasteiger partial charge is 0.272 e. The van der Waals surface area contributed by atoms with Crippen molar-refractivity contribution in [2.75, 3.05) is 5.75 Å². The van der Waals surface area contributed by atoms with Crippen molar-refractivity contribution >= 4 is 29.6 Å². The van der Waals surface area contributed by atoms with E-state index in [0.717, 1.165) is 11.3 Å². The Morgan fingerprint density at radius 3 is 2.48 bits per heavy atom. The molecule has 0 spiro atoms. The predicted octanol–water partition coefficient (Wildman–Crippen LogP) is 4.08. The van der Waals surface area contributed by atoms with E-state index >= 15 is 0 Å². The average Bonchev–Trinajstić information content (AvgIpc) is 3.28. The van der Waals surface area contributed by atoms with Crippen LogP contribution in [0.25, 0.3) is 17.1 Å². The van der Waals surface area contributed by atoms with Crippen LogP contribution >= 0.6 is 11.8 Å². The van der Waals surface area contributed by atoms with Crippen LogP contribution in [-0.2, 0) is 4.79 Å². The minimum atomic E-state index is -0.487. The van der Waals surface area contributed by atoms with Gasteiger partial charge in [0.15, 0.2) is 11.0 Å². The van der Waals surface area contributed by atoms with E-state index in [4.69, 9.17) is 0 Å². The van der Waals surface area contributed by atoms with Crippen molar-refractivity contribution in [1.82, 2.24) is 20.2 Å². The van der Waals surface area contributed by atoms with Gasteiger partial charge in [-0.1, -0.05) is 72.4 Å². The van der Waals surface area contributed by atoms with Gasteiger partial charge in [0.25, 0.3) is 11.6 Å². The summed E-state index contributed by atoms with van der Waals surface area (Å²) in [4.78, 5) is 22.7. The zero-order valence-corrected chi connectivity index (χ0v) is 18.1. The average molecular weight is 459 g/mol. The number of para-hydroxylation sites is 1. The lowest BCUT2D eigenvalue weighted by Gasteiger charge is -2.10. The van der Waals surface area contributed by atoms with Gasteiger partial charge in [-0.05, 0) is 12.1 Å². The monoisotopic (exact) mass is 458 g/mol.